The van der Waals surface area contributed by atoms with Crippen LogP contribution in [0.2, 0.25) is 0 Å². The van der Waals surface area contributed by atoms with Gasteiger partial charge in [-0.05, 0) is 0 Å². The molecule has 0 bridgehead atoms. The van der Waals surface area contributed by atoms with Crippen LogP contribution in [0.25, 0.3) is 0 Å². The molecule has 0 spiro atoms. The van der Waals surface area contributed by atoms with Crippen LogP contribution in [-0.2, 0) is 4.74 Å². The maximum atomic E-state index is 12.4. The number of hydrogen-bond acceptors (Lipinski definition) is 5. The third kappa shape index (κ3) is 1.91. The fourth-order valence-corrected chi connectivity index (χ4v) is 1.10. The van der Waals surface area contributed by atoms with Gasteiger partial charge in [0.05, 0.1) is 23.9 Å². The summed E-state index contributed by atoms with van der Waals surface area (Å²) < 4.78 is 29.1. The molecule has 1 aromatic rings. The van der Waals surface area contributed by atoms with Gasteiger partial charge in [0.15, 0.2) is 0 Å². The monoisotopic (exact) mass is 227 g/mol. The number of esters is 1. The van der Waals surface area contributed by atoms with E-state index in [1.807, 2.05) is 0 Å². The highest BCUT2D eigenvalue weighted by molar-refractivity contribution is 5.93. The normalized spacial score (nSPS) is 9.94. The highest BCUT2D eigenvalue weighted by Crippen LogP contribution is 2.27. The lowest BCUT2D eigenvalue weighted by Crippen LogP contribution is -2.10. The van der Waals surface area contributed by atoms with Gasteiger partial charge in [-0.15, -0.1) is 0 Å². The van der Waals surface area contributed by atoms with Crippen LogP contribution in [0.4, 0.5) is 14.5 Å². The van der Waals surface area contributed by atoms with E-state index in [0.29, 0.717) is 0 Å². The average Bonchev–Trinajstić information content (AvgIpc) is 2.26. The van der Waals surface area contributed by atoms with E-state index in [-0.39, 0.29) is 11.1 Å². The van der Waals surface area contributed by atoms with Crippen molar-refractivity contribution in [2.24, 2.45) is 0 Å². The van der Waals surface area contributed by atoms with Crippen molar-refractivity contribution in [2.45, 2.75) is 6.43 Å². The molecule has 0 atom stereocenters. The van der Waals surface area contributed by atoms with Crippen molar-refractivity contribution in [3.8, 4) is 6.07 Å². The predicted octanol–water partition coefficient (Wildman–Crippen LogP) is 1.26. The number of pyridine rings is 1. The van der Waals surface area contributed by atoms with Gasteiger partial charge in [-0.2, -0.15) is 5.26 Å². The summed E-state index contributed by atoms with van der Waals surface area (Å²) >= 11 is 0. The molecule has 0 saturated heterocycles. The summed E-state index contributed by atoms with van der Waals surface area (Å²) in [6.07, 6.45) is -2.05. The van der Waals surface area contributed by atoms with Crippen molar-refractivity contribution in [1.29, 1.82) is 5.26 Å². The van der Waals surface area contributed by atoms with E-state index in [2.05, 4.69) is 9.72 Å². The molecule has 1 aromatic heterocycles. The van der Waals surface area contributed by atoms with Crippen LogP contribution in [0.3, 0.4) is 0 Å². The van der Waals surface area contributed by atoms with E-state index in [0.717, 1.165) is 13.3 Å². The number of carbonyl (C=O) groups excluding carboxylic acids is 1. The maximum absolute atomic E-state index is 12.4. The maximum Gasteiger partial charge on any atom is 0.340 e. The summed E-state index contributed by atoms with van der Waals surface area (Å²) in [5.74, 6) is -0.850. The van der Waals surface area contributed by atoms with E-state index >= 15 is 0 Å². The quantitative estimate of drug-likeness (QED) is 0.768. The third-order valence-electron chi connectivity index (χ3n) is 1.87. The van der Waals surface area contributed by atoms with E-state index in [4.69, 9.17) is 11.0 Å². The Kier molecular flexibility index (Phi) is 3.35. The van der Waals surface area contributed by atoms with Crippen molar-refractivity contribution in [1.82, 2.24) is 4.98 Å². The number of aromatic nitrogens is 1. The topological polar surface area (TPSA) is 89.0 Å². The number of nitrogens with zero attached hydrogens (tertiary/aromatic N) is 2. The summed E-state index contributed by atoms with van der Waals surface area (Å²) in [4.78, 5) is 14.5. The Labute approximate surface area is 89.4 Å². The van der Waals surface area contributed by atoms with Crippen LogP contribution in [0.15, 0.2) is 6.20 Å². The smallest absolute Gasteiger partial charge is 0.340 e. The number of nitrogen functional groups attached to an aromatic ring is 1. The number of methoxy groups -OCH3 is 1. The molecule has 0 aliphatic rings. The SMILES string of the molecule is COC(=O)c1cnc(C(F)F)c(N)c1C#N. The first kappa shape index (κ1) is 11.8. The number of nitriles is 1. The standard InChI is InChI=1S/C9H7F2N3O2/c1-16-9(15)5-3-14-7(8(10)11)6(13)4(5)2-12/h3,8H,13H2,1H3. The van der Waals surface area contributed by atoms with Crippen LogP contribution < -0.4 is 5.73 Å². The van der Waals surface area contributed by atoms with Gasteiger partial charge in [-0.25, -0.2) is 13.6 Å². The largest absolute Gasteiger partial charge is 0.465 e. The Balaban J connectivity index is 3.42. The Morgan fingerprint density at radius 1 is 1.69 bits per heavy atom. The third-order valence-corrected chi connectivity index (χ3v) is 1.87. The van der Waals surface area contributed by atoms with E-state index in [1.54, 1.807) is 6.07 Å². The highest BCUT2D eigenvalue weighted by Gasteiger charge is 2.22. The van der Waals surface area contributed by atoms with Gasteiger partial charge in [0.2, 0.25) is 0 Å². The second-order valence-electron chi connectivity index (χ2n) is 2.75. The van der Waals surface area contributed by atoms with Gasteiger partial charge < -0.3 is 10.5 Å². The van der Waals surface area contributed by atoms with E-state index < -0.39 is 23.8 Å². The Bertz CT molecular complexity index is 469. The molecular weight excluding hydrogens is 220 g/mol. The number of alkyl halides is 2. The zero-order valence-electron chi connectivity index (χ0n) is 8.20. The molecule has 2 N–H and O–H groups in total. The van der Waals surface area contributed by atoms with E-state index in [9.17, 15) is 13.6 Å². The molecule has 0 fully saturated rings. The average molecular weight is 227 g/mol. The summed E-state index contributed by atoms with van der Waals surface area (Å²) in [7, 11) is 1.10. The molecule has 0 aliphatic carbocycles. The van der Waals surface area contributed by atoms with Crippen molar-refractivity contribution < 1.29 is 18.3 Å². The zero-order valence-corrected chi connectivity index (χ0v) is 8.20. The number of ether oxygens (including phenoxy) is 1. The first-order valence-electron chi connectivity index (χ1n) is 4.07. The van der Waals surface area contributed by atoms with Crippen LogP contribution >= 0.6 is 0 Å². The van der Waals surface area contributed by atoms with Crippen LogP contribution in [0.5, 0.6) is 0 Å². The summed E-state index contributed by atoms with van der Waals surface area (Å²) in [5.41, 5.74) is 3.52. The minimum atomic E-state index is -2.90. The molecule has 0 amide bonds. The minimum absolute atomic E-state index is 0.230. The summed E-state index contributed by atoms with van der Waals surface area (Å²) in [5, 5.41) is 8.74. The number of hydrogen-bond donors (Lipinski definition) is 1. The predicted molar refractivity (Wildman–Crippen MR) is 49.7 cm³/mol. The lowest BCUT2D eigenvalue weighted by molar-refractivity contribution is 0.0599. The number of nitrogens with two attached hydrogens (primary N) is 1. The highest BCUT2D eigenvalue weighted by atomic mass is 19.3. The number of carbonyl (C=O) groups is 1. The molecule has 0 radical (unpaired) electrons. The molecule has 1 heterocycles. The van der Waals surface area contributed by atoms with Gasteiger partial charge in [-0.3, -0.25) is 4.98 Å². The van der Waals surface area contributed by atoms with Gasteiger partial charge in [0.1, 0.15) is 11.8 Å². The number of anilines is 1. The molecular formula is C9H7F2N3O2. The summed E-state index contributed by atoms with van der Waals surface area (Å²) in [6, 6.07) is 1.58. The molecule has 0 aromatic carbocycles. The van der Waals surface area contributed by atoms with Crippen LogP contribution in [-0.4, -0.2) is 18.1 Å². The molecule has 84 valence electrons. The molecule has 16 heavy (non-hydrogen) atoms. The van der Waals surface area contributed by atoms with Crippen molar-refractivity contribution in [3.05, 3.63) is 23.0 Å². The van der Waals surface area contributed by atoms with Crippen molar-refractivity contribution >= 4 is 11.7 Å². The second-order valence-corrected chi connectivity index (χ2v) is 2.75. The lowest BCUT2D eigenvalue weighted by Gasteiger charge is -2.08. The molecule has 0 saturated carbocycles. The minimum Gasteiger partial charge on any atom is -0.465 e. The fraction of sp³-hybridized carbons (Fsp3) is 0.222. The molecule has 1 rings (SSSR count). The fourth-order valence-electron chi connectivity index (χ4n) is 1.10. The van der Waals surface area contributed by atoms with Gasteiger partial charge in [-0.1, -0.05) is 0 Å². The summed E-state index contributed by atoms with van der Waals surface area (Å²) in [6.45, 7) is 0. The Morgan fingerprint density at radius 2 is 2.31 bits per heavy atom. The molecule has 5 nitrogen and oxygen atoms in total. The van der Waals surface area contributed by atoms with E-state index in [1.165, 1.54) is 0 Å². The first-order chi connectivity index (χ1) is 7.52. The zero-order chi connectivity index (χ0) is 12.3. The van der Waals surface area contributed by atoms with Crippen molar-refractivity contribution in [2.75, 3.05) is 12.8 Å². The second kappa shape index (κ2) is 4.53. The van der Waals surface area contributed by atoms with Gasteiger partial charge >= 0.3 is 5.97 Å². The lowest BCUT2D eigenvalue weighted by atomic mass is 10.1. The number of rotatable bonds is 2. The van der Waals surface area contributed by atoms with Gasteiger partial charge in [0.25, 0.3) is 6.43 Å². The number of halogens is 2. The van der Waals surface area contributed by atoms with Crippen molar-refractivity contribution in [3.63, 3.8) is 0 Å². The Hall–Kier alpha value is -2.23. The van der Waals surface area contributed by atoms with Crippen LogP contribution in [0.1, 0.15) is 28.0 Å². The molecule has 7 heteroatoms. The first-order valence-corrected chi connectivity index (χ1v) is 4.07. The van der Waals surface area contributed by atoms with Crippen LogP contribution in [0, 0.1) is 11.3 Å². The molecule has 0 aliphatic heterocycles. The molecule has 0 unspecified atom stereocenters. The van der Waals surface area contributed by atoms with Gasteiger partial charge in [0, 0.05) is 6.20 Å². The Morgan fingerprint density at radius 3 is 2.75 bits per heavy atom.